The molecule has 1 saturated carbocycles. The van der Waals surface area contributed by atoms with Crippen LogP contribution in [0.2, 0.25) is 5.02 Å². The van der Waals surface area contributed by atoms with Gasteiger partial charge >= 0.3 is 0 Å². The summed E-state index contributed by atoms with van der Waals surface area (Å²) in [4.78, 5) is 0. The van der Waals surface area contributed by atoms with E-state index >= 15 is 0 Å². The van der Waals surface area contributed by atoms with Crippen LogP contribution in [0, 0.1) is 5.92 Å². The SMILES string of the molecule is Clc1ccc(/C(=C2/CC=CC[C@@]3(c4ccccc4)C[C@H]23)c2ccccc2)cc1. The van der Waals surface area contributed by atoms with Gasteiger partial charge in [-0.15, -0.1) is 0 Å². The van der Waals surface area contributed by atoms with Crippen LogP contribution in [0.25, 0.3) is 5.57 Å². The summed E-state index contributed by atoms with van der Waals surface area (Å²) in [7, 11) is 0. The summed E-state index contributed by atoms with van der Waals surface area (Å²) in [6, 6.07) is 30.2. The third-order valence-electron chi connectivity index (χ3n) is 6.35. The molecule has 1 fully saturated rings. The fourth-order valence-electron chi connectivity index (χ4n) is 4.88. The molecule has 5 rings (SSSR count). The van der Waals surface area contributed by atoms with Crippen LogP contribution in [0.3, 0.4) is 0 Å². The molecule has 2 aliphatic rings. The molecule has 0 heterocycles. The molecule has 28 heavy (non-hydrogen) atoms. The molecule has 0 aliphatic heterocycles. The standard InChI is InChI=1S/C27H23Cl/c28-23-16-14-21(15-17-23)26(20-9-3-1-4-10-20)24-13-7-8-18-27(19-25(24)27)22-11-5-2-6-12-22/h1-12,14-17,25H,13,18-19H2/b26-24-/t25-,27+/m1/s1. The minimum atomic E-state index is 0.260. The number of hydrogen-bond acceptors (Lipinski definition) is 0. The monoisotopic (exact) mass is 382 g/mol. The lowest BCUT2D eigenvalue weighted by atomic mass is 9.84. The van der Waals surface area contributed by atoms with Crippen LogP contribution in [0.1, 0.15) is 36.0 Å². The molecular weight excluding hydrogens is 360 g/mol. The van der Waals surface area contributed by atoms with Crippen LogP contribution >= 0.6 is 11.6 Å². The second-order valence-electron chi connectivity index (χ2n) is 7.93. The van der Waals surface area contributed by atoms with Gasteiger partial charge in [-0.25, -0.2) is 0 Å². The second-order valence-corrected chi connectivity index (χ2v) is 8.37. The molecule has 0 saturated heterocycles. The lowest BCUT2D eigenvalue weighted by Gasteiger charge is -2.19. The first kappa shape index (κ1) is 17.5. The van der Waals surface area contributed by atoms with Crippen LogP contribution in [-0.2, 0) is 5.41 Å². The maximum atomic E-state index is 6.19. The van der Waals surface area contributed by atoms with E-state index < -0.39 is 0 Å². The smallest absolute Gasteiger partial charge is 0.0406 e. The zero-order valence-corrected chi connectivity index (χ0v) is 16.6. The van der Waals surface area contributed by atoms with Gasteiger partial charge in [-0.1, -0.05) is 102 Å². The van der Waals surface area contributed by atoms with E-state index in [0.29, 0.717) is 5.92 Å². The molecule has 3 aromatic carbocycles. The van der Waals surface area contributed by atoms with Crippen molar-refractivity contribution in [1.82, 2.24) is 0 Å². The molecule has 0 bridgehead atoms. The molecule has 0 unspecified atom stereocenters. The molecule has 1 heteroatoms. The van der Waals surface area contributed by atoms with Crippen molar-refractivity contribution < 1.29 is 0 Å². The normalized spacial score (nSPS) is 25.0. The molecule has 138 valence electrons. The summed E-state index contributed by atoms with van der Waals surface area (Å²) in [6.07, 6.45) is 8.15. The molecule has 0 radical (unpaired) electrons. The third-order valence-corrected chi connectivity index (χ3v) is 6.60. The van der Waals surface area contributed by atoms with Crippen molar-refractivity contribution in [2.24, 2.45) is 5.92 Å². The third kappa shape index (κ3) is 3.02. The Morgan fingerprint density at radius 3 is 2.11 bits per heavy atom. The molecule has 0 N–H and O–H groups in total. The van der Waals surface area contributed by atoms with Crippen molar-refractivity contribution in [1.29, 1.82) is 0 Å². The van der Waals surface area contributed by atoms with Crippen molar-refractivity contribution in [3.63, 3.8) is 0 Å². The van der Waals surface area contributed by atoms with Crippen LogP contribution in [-0.4, -0.2) is 0 Å². The highest BCUT2D eigenvalue weighted by Gasteiger charge is 2.56. The first-order valence-corrected chi connectivity index (χ1v) is 10.4. The summed E-state index contributed by atoms with van der Waals surface area (Å²) < 4.78 is 0. The Hall–Kier alpha value is -2.57. The maximum Gasteiger partial charge on any atom is 0.0406 e. The first-order chi connectivity index (χ1) is 13.8. The lowest BCUT2D eigenvalue weighted by Crippen LogP contribution is -2.10. The summed E-state index contributed by atoms with van der Waals surface area (Å²) in [6.45, 7) is 0. The van der Waals surface area contributed by atoms with E-state index in [0.717, 1.165) is 17.9 Å². The zero-order chi connectivity index (χ0) is 19.0. The Kier molecular flexibility index (Phi) is 4.45. The highest BCUT2D eigenvalue weighted by atomic mass is 35.5. The van der Waals surface area contributed by atoms with Gasteiger partial charge in [-0.05, 0) is 59.6 Å². The highest BCUT2D eigenvalue weighted by molar-refractivity contribution is 6.30. The largest absolute Gasteiger partial charge is 0.0873 e. The van der Waals surface area contributed by atoms with Gasteiger partial charge in [0.2, 0.25) is 0 Å². The van der Waals surface area contributed by atoms with Gasteiger partial charge in [-0.3, -0.25) is 0 Å². The second kappa shape index (κ2) is 7.11. The Morgan fingerprint density at radius 1 is 0.750 bits per heavy atom. The van der Waals surface area contributed by atoms with E-state index in [4.69, 9.17) is 11.6 Å². The topological polar surface area (TPSA) is 0 Å². The number of fused-ring (bicyclic) bond motifs is 1. The van der Waals surface area contributed by atoms with Crippen LogP contribution in [0.5, 0.6) is 0 Å². The van der Waals surface area contributed by atoms with Crippen molar-refractivity contribution in [2.75, 3.05) is 0 Å². The Bertz CT molecular complexity index is 1030. The zero-order valence-electron chi connectivity index (χ0n) is 15.8. The predicted molar refractivity (Wildman–Crippen MR) is 119 cm³/mol. The van der Waals surface area contributed by atoms with E-state index in [9.17, 15) is 0 Å². The summed E-state index contributed by atoms with van der Waals surface area (Å²) in [5.41, 5.74) is 7.24. The van der Waals surface area contributed by atoms with E-state index in [1.807, 2.05) is 12.1 Å². The Morgan fingerprint density at radius 2 is 1.39 bits per heavy atom. The fraction of sp³-hybridized carbons (Fsp3) is 0.185. The van der Waals surface area contributed by atoms with Crippen molar-refractivity contribution in [2.45, 2.75) is 24.7 Å². The van der Waals surface area contributed by atoms with Crippen LogP contribution < -0.4 is 0 Å². The minimum Gasteiger partial charge on any atom is -0.0873 e. The minimum absolute atomic E-state index is 0.260. The summed E-state index contributed by atoms with van der Waals surface area (Å²) in [5, 5.41) is 0.784. The fourth-order valence-corrected chi connectivity index (χ4v) is 5.00. The molecule has 0 amide bonds. The van der Waals surface area contributed by atoms with Gasteiger partial charge in [0.1, 0.15) is 0 Å². The number of hydrogen-bond donors (Lipinski definition) is 0. The average Bonchev–Trinajstić information content (AvgIpc) is 3.49. The summed E-state index contributed by atoms with van der Waals surface area (Å²) >= 11 is 6.19. The van der Waals surface area contributed by atoms with E-state index in [2.05, 4.69) is 84.9 Å². The van der Waals surface area contributed by atoms with Crippen molar-refractivity contribution in [3.8, 4) is 0 Å². The Labute approximate surface area is 172 Å². The van der Waals surface area contributed by atoms with E-state index in [1.165, 1.54) is 28.7 Å². The quantitative estimate of drug-likeness (QED) is 0.412. The molecule has 3 aromatic rings. The average molecular weight is 383 g/mol. The first-order valence-electron chi connectivity index (χ1n) is 10.0. The molecule has 0 spiro atoms. The van der Waals surface area contributed by atoms with Crippen molar-refractivity contribution in [3.05, 3.63) is 124 Å². The van der Waals surface area contributed by atoms with Gasteiger partial charge in [0, 0.05) is 10.4 Å². The molecule has 2 aliphatic carbocycles. The van der Waals surface area contributed by atoms with Gasteiger partial charge in [-0.2, -0.15) is 0 Å². The van der Waals surface area contributed by atoms with Gasteiger partial charge in [0.15, 0.2) is 0 Å². The molecular formula is C27H23Cl. The van der Waals surface area contributed by atoms with Crippen molar-refractivity contribution >= 4 is 17.2 Å². The molecule has 2 atom stereocenters. The van der Waals surface area contributed by atoms with E-state index in [1.54, 1.807) is 5.57 Å². The molecule has 0 nitrogen and oxygen atoms in total. The maximum absolute atomic E-state index is 6.19. The highest BCUT2D eigenvalue weighted by Crippen LogP contribution is 2.63. The van der Waals surface area contributed by atoms with E-state index in [-0.39, 0.29) is 5.41 Å². The number of allylic oxidation sites excluding steroid dienone is 3. The van der Waals surface area contributed by atoms with Crippen LogP contribution in [0.15, 0.2) is 103 Å². The molecule has 0 aromatic heterocycles. The van der Waals surface area contributed by atoms with Gasteiger partial charge < -0.3 is 0 Å². The Balaban J connectivity index is 1.68. The van der Waals surface area contributed by atoms with Crippen LogP contribution in [0.4, 0.5) is 0 Å². The van der Waals surface area contributed by atoms with Gasteiger partial charge in [0.05, 0.1) is 0 Å². The summed E-state index contributed by atoms with van der Waals surface area (Å²) in [5.74, 6) is 0.593. The predicted octanol–water partition coefficient (Wildman–Crippen LogP) is 7.45. The van der Waals surface area contributed by atoms with Gasteiger partial charge in [0.25, 0.3) is 0 Å². The number of rotatable bonds is 3. The lowest BCUT2D eigenvalue weighted by molar-refractivity contribution is 0.657. The number of benzene rings is 3. The number of halogens is 1.